The van der Waals surface area contributed by atoms with Gasteiger partial charge in [0, 0.05) is 16.3 Å². The van der Waals surface area contributed by atoms with Gasteiger partial charge < -0.3 is 5.73 Å². The van der Waals surface area contributed by atoms with E-state index in [9.17, 15) is 13.6 Å². The second-order valence-corrected chi connectivity index (χ2v) is 6.52. The number of hydrogen-bond acceptors (Lipinski definition) is 3. The van der Waals surface area contributed by atoms with Crippen LogP contribution in [0.2, 0.25) is 0 Å². The molecule has 1 rings (SSSR count). The maximum absolute atomic E-state index is 13.2. The highest BCUT2D eigenvalue weighted by molar-refractivity contribution is 7.87. The average molecular weight is 295 g/mol. The Morgan fingerprint density at radius 2 is 2.17 bits per heavy atom. The van der Waals surface area contributed by atoms with E-state index in [4.69, 9.17) is 10.9 Å². The van der Waals surface area contributed by atoms with Crippen molar-refractivity contribution in [3.05, 3.63) is 17.0 Å². The predicted molar refractivity (Wildman–Crippen MR) is 68.9 cm³/mol. The largest absolute Gasteiger partial charge is 0.320 e. The normalized spacial score (nSPS) is 15.1. The number of nitrogens with two attached hydrogens (primary N) is 2. The van der Waals surface area contributed by atoms with Crippen LogP contribution in [0.15, 0.2) is 14.0 Å². The Labute approximate surface area is 111 Å². The molecule has 0 aliphatic carbocycles. The summed E-state index contributed by atoms with van der Waals surface area (Å²) in [6, 6.07) is -0.753. The zero-order valence-corrected chi connectivity index (χ0v) is 11.7. The third-order valence-electron chi connectivity index (χ3n) is 2.08. The first-order valence-corrected chi connectivity index (χ1v) is 7.37. The number of hydrogen-bond donors (Lipinski definition) is 2. The number of carbonyl (C=O) groups is 1. The first-order chi connectivity index (χ1) is 8.32. The summed E-state index contributed by atoms with van der Waals surface area (Å²) in [6.07, 6.45) is 0.473. The highest BCUT2D eigenvalue weighted by atomic mass is 32.2. The van der Waals surface area contributed by atoms with Gasteiger partial charge in [0.2, 0.25) is 0 Å². The summed E-state index contributed by atoms with van der Waals surface area (Å²) in [5.41, 5.74) is 5.63. The van der Waals surface area contributed by atoms with E-state index in [0.29, 0.717) is 6.42 Å². The average Bonchev–Trinajstić information content (AvgIpc) is 2.58. The smallest absolute Gasteiger partial charge is 0.269 e. The fraction of sp³-hybridized carbons (Fsp3) is 0.500. The Hall–Kier alpha value is -0.700. The summed E-state index contributed by atoms with van der Waals surface area (Å²) in [5, 5.41) is 6.56. The van der Waals surface area contributed by atoms with Crippen LogP contribution in [0, 0.1) is 17.6 Å². The molecule has 0 radical (unpaired) electrons. The first kappa shape index (κ1) is 15.4. The highest BCUT2D eigenvalue weighted by Crippen LogP contribution is 2.22. The predicted octanol–water partition coefficient (Wildman–Crippen LogP) is 1.96. The van der Waals surface area contributed by atoms with Crippen molar-refractivity contribution in [3.63, 3.8) is 0 Å². The molecule has 0 aliphatic rings. The van der Waals surface area contributed by atoms with Gasteiger partial charge in [-0.25, -0.2) is 8.78 Å². The van der Waals surface area contributed by atoms with Crippen molar-refractivity contribution in [2.45, 2.75) is 30.5 Å². The van der Waals surface area contributed by atoms with Gasteiger partial charge in [-0.3, -0.25) is 9.93 Å². The lowest BCUT2D eigenvalue weighted by Crippen LogP contribution is -2.31. The van der Waals surface area contributed by atoms with E-state index >= 15 is 0 Å². The minimum atomic E-state index is -1.49. The Morgan fingerprint density at radius 3 is 2.61 bits per heavy atom. The molecule has 0 aliphatic heterocycles. The fourth-order valence-electron chi connectivity index (χ4n) is 1.26. The molecular weight excluding hydrogens is 280 g/mol. The zero-order valence-electron chi connectivity index (χ0n) is 10.0. The summed E-state index contributed by atoms with van der Waals surface area (Å²) >= 11 is 0.802. The summed E-state index contributed by atoms with van der Waals surface area (Å²) in [6.45, 7) is 3.84. The van der Waals surface area contributed by atoms with Gasteiger partial charge in [-0.2, -0.15) is 4.36 Å². The number of amides is 1. The summed E-state index contributed by atoms with van der Waals surface area (Å²) in [5.74, 6) is -2.36. The van der Waals surface area contributed by atoms with Gasteiger partial charge in [0.15, 0.2) is 11.6 Å². The van der Waals surface area contributed by atoms with Gasteiger partial charge in [0.05, 0.1) is 6.04 Å². The molecule has 18 heavy (non-hydrogen) atoms. The topological polar surface area (TPSA) is 81.5 Å². The Morgan fingerprint density at radius 1 is 1.56 bits per heavy atom. The second kappa shape index (κ2) is 6.46. The van der Waals surface area contributed by atoms with Crippen LogP contribution in [-0.4, -0.2) is 11.9 Å². The molecule has 0 saturated heterocycles. The molecule has 1 amide bonds. The van der Waals surface area contributed by atoms with Crippen LogP contribution >= 0.6 is 11.3 Å². The van der Waals surface area contributed by atoms with Gasteiger partial charge in [-0.15, -0.1) is 11.3 Å². The van der Waals surface area contributed by atoms with Crippen molar-refractivity contribution in [2.75, 3.05) is 0 Å². The van der Waals surface area contributed by atoms with E-state index in [1.807, 2.05) is 13.8 Å². The van der Waals surface area contributed by atoms with Crippen LogP contribution in [0.25, 0.3) is 0 Å². The number of rotatable bonds is 4. The Balaban J connectivity index is 2.83. The zero-order chi connectivity index (χ0) is 13.9. The molecule has 0 bridgehead atoms. The maximum Gasteiger partial charge on any atom is 0.269 e. The van der Waals surface area contributed by atoms with Crippen LogP contribution in [0.3, 0.4) is 0 Å². The molecule has 8 heteroatoms. The summed E-state index contributed by atoms with van der Waals surface area (Å²) < 4.78 is 29.6. The molecule has 1 aromatic heterocycles. The molecule has 0 aromatic carbocycles. The quantitative estimate of drug-likeness (QED) is 0.891. The molecule has 2 unspecified atom stereocenters. The molecule has 0 fully saturated rings. The number of nitrogens with zero attached hydrogens (tertiary/aromatic N) is 1. The minimum absolute atomic E-state index is 0.0717. The number of carbonyl (C=O) groups excluding carboxylic acids is 1. The molecule has 0 saturated carbocycles. The van der Waals surface area contributed by atoms with Gasteiger partial charge in [-0.1, -0.05) is 13.8 Å². The number of halogens is 2. The lowest BCUT2D eigenvalue weighted by Gasteiger charge is -2.10. The lowest BCUT2D eigenvalue weighted by atomic mass is 10.0. The van der Waals surface area contributed by atoms with E-state index in [-0.39, 0.29) is 10.1 Å². The molecule has 4 N–H and O–H groups in total. The van der Waals surface area contributed by atoms with Crippen molar-refractivity contribution in [3.8, 4) is 0 Å². The van der Waals surface area contributed by atoms with Gasteiger partial charge in [0.1, 0.15) is 4.21 Å². The maximum atomic E-state index is 13.2. The van der Waals surface area contributed by atoms with Crippen LogP contribution in [0.5, 0.6) is 0 Å². The van der Waals surface area contributed by atoms with Crippen LogP contribution in [-0.2, 0) is 15.7 Å². The second-order valence-electron chi connectivity index (χ2n) is 4.17. The molecule has 102 valence electrons. The molecule has 4 nitrogen and oxygen atoms in total. The monoisotopic (exact) mass is 295 g/mol. The Kier molecular flexibility index (Phi) is 5.51. The minimum Gasteiger partial charge on any atom is -0.320 e. The standard InChI is InChI=1S/C10H15F2N3OS2/c1-5(2)3-7(13)9(16)15-18(14)10-8(12)6(11)4-17-10/h4-5,7H,3,13H2,1-2H3,(H2,14,15,16). The third kappa shape index (κ3) is 3.91. The van der Waals surface area contributed by atoms with Crippen molar-refractivity contribution < 1.29 is 13.6 Å². The van der Waals surface area contributed by atoms with Crippen molar-refractivity contribution in [1.29, 1.82) is 0 Å². The van der Waals surface area contributed by atoms with E-state index in [0.717, 1.165) is 16.7 Å². The van der Waals surface area contributed by atoms with E-state index in [1.165, 1.54) is 0 Å². The summed E-state index contributed by atoms with van der Waals surface area (Å²) in [4.78, 5) is 11.6. The van der Waals surface area contributed by atoms with Crippen molar-refractivity contribution in [1.82, 2.24) is 0 Å². The van der Waals surface area contributed by atoms with Crippen molar-refractivity contribution >= 4 is 28.1 Å². The molecule has 1 heterocycles. The van der Waals surface area contributed by atoms with Crippen LogP contribution in [0.4, 0.5) is 8.78 Å². The van der Waals surface area contributed by atoms with Gasteiger partial charge >= 0.3 is 0 Å². The van der Waals surface area contributed by atoms with Gasteiger partial charge in [-0.05, 0) is 12.3 Å². The lowest BCUT2D eigenvalue weighted by molar-refractivity contribution is -0.119. The van der Waals surface area contributed by atoms with Gasteiger partial charge in [0.25, 0.3) is 5.91 Å². The Bertz CT molecular complexity index is 474. The fourth-order valence-corrected chi connectivity index (χ4v) is 3.12. The molecule has 0 spiro atoms. The number of thiophene rings is 1. The van der Waals surface area contributed by atoms with Crippen molar-refractivity contribution in [2.24, 2.45) is 21.2 Å². The molecule has 2 atom stereocenters. The van der Waals surface area contributed by atoms with Crippen LogP contribution < -0.4 is 10.9 Å². The third-order valence-corrected chi connectivity index (χ3v) is 4.53. The van der Waals surface area contributed by atoms with E-state index in [1.54, 1.807) is 0 Å². The highest BCUT2D eigenvalue weighted by Gasteiger charge is 2.18. The first-order valence-electron chi connectivity index (χ1n) is 5.25. The summed E-state index contributed by atoms with van der Waals surface area (Å²) in [7, 11) is -1.49. The van der Waals surface area contributed by atoms with Crippen LogP contribution in [0.1, 0.15) is 20.3 Å². The van der Waals surface area contributed by atoms with E-state index < -0.39 is 34.5 Å². The SMILES string of the molecule is CC(C)CC(N)C(=O)N=S(N)c1scc(F)c1F. The molecule has 1 aromatic rings. The van der Waals surface area contributed by atoms with E-state index in [2.05, 4.69) is 4.36 Å². The molecular formula is C10H15F2N3OS2.